The molecule has 2 heterocycles. The third-order valence-electron chi connectivity index (χ3n) is 7.80. The topological polar surface area (TPSA) is 51.5 Å². The quantitative estimate of drug-likeness (QED) is 0.350. The molecular formula is C27H25Cl2F3N2O3. The zero-order valence-corrected chi connectivity index (χ0v) is 22.0. The Morgan fingerprint density at radius 3 is 2.43 bits per heavy atom. The maximum absolute atomic E-state index is 13.4. The summed E-state index contributed by atoms with van der Waals surface area (Å²) in [6.45, 7) is 2.76. The lowest BCUT2D eigenvalue weighted by Crippen LogP contribution is -2.64. The molecule has 0 unspecified atom stereocenters. The highest BCUT2D eigenvalue weighted by molar-refractivity contribution is 6.38. The first-order valence-electron chi connectivity index (χ1n) is 11.8. The zero-order chi connectivity index (χ0) is 26.9. The molecule has 1 aliphatic heterocycles. The van der Waals surface area contributed by atoms with Crippen LogP contribution < -0.4 is 0 Å². The molecule has 0 atom stereocenters. The number of esters is 1. The van der Waals surface area contributed by atoms with Gasteiger partial charge in [0.2, 0.25) is 0 Å². The molecule has 1 amide bonds. The lowest BCUT2D eigenvalue weighted by molar-refractivity contribution is -0.161. The smallest absolute Gasteiger partial charge is 0.416 e. The molecule has 5 nitrogen and oxygen atoms in total. The maximum atomic E-state index is 13.4. The van der Waals surface area contributed by atoms with Gasteiger partial charge in [-0.3, -0.25) is 9.59 Å². The van der Waals surface area contributed by atoms with E-state index in [9.17, 15) is 22.8 Å². The molecule has 2 fully saturated rings. The van der Waals surface area contributed by atoms with E-state index in [1.54, 1.807) is 35.6 Å². The molecule has 1 saturated heterocycles. The number of aryl methyl sites for hydroxylation is 2. The first-order valence-corrected chi connectivity index (χ1v) is 12.6. The van der Waals surface area contributed by atoms with E-state index < -0.39 is 11.7 Å². The third kappa shape index (κ3) is 4.38. The minimum absolute atomic E-state index is 0.0352. The van der Waals surface area contributed by atoms with Crippen LogP contribution in [-0.4, -0.2) is 41.5 Å². The van der Waals surface area contributed by atoms with Crippen molar-refractivity contribution in [2.45, 2.75) is 32.4 Å². The average Bonchev–Trinajstić information content (AvgIpc) is 3.09. The van der Waals surface area contributed by atoms with Gasteiger partial charge in [-0.2, -0.15) is 13.2 Å². The molecule has 1 aliphatic carbocycles. The van der Waals surface area contributed by atoms with Crippen molar-refractivity contribution in [2.75, 3.05) is 20.2 Å². The molecule has 1 spiro atoms. The number of alkyl halides is 3. The molecule has 1 aromatic heterocycles. The second kappa shape index (κ2) is 8.95. The molecule has 5 rings (SSSR count). The second-order valence-electron chi connectivity index (χ2n) is 10.3. The summed E-state index contributed by atoms with van der Waals surface area (Å²) in [5.41, 5.74) is 1.82. The number of amides is 1. The fraction of sp³-hybridized carbons (Fsp3) is 0.407. The number of hydrogen-bond donors (Lipinski definition) is 0. The van der Waals surface area contributed by atoms with Crippen LogP contribution >= 0.6 is 23.2 Å². The first-order chi connectivity index (χ1) is 17.3. The number of methoxy groups -OCH3 is 1. The summed E-state index contributed by atoms with van der Waals surface area (Å²) in [5, 5.41) is 1.32. The van der Waals surface area contributed by atoms with Crippen molar-refractivity contribution in [3.8, 4) is 0 Å². The van der Waals surface area contributed by atoms with Gasteiger partial charge >= 0.3 is 12.1 Å². The highest BCUT2D eigenvalue weighted by Gasteiger charge is 2.56. The lowest BCUT2D eigenvalue weighted by atomic mass is 9.57. The minimum atomic E-state index is -4.44. The second-order valence-corrected chi connectivity index (χ2v) is 11.1. The fourth-order valence-electron chi connectivity index (χ4n) is 5.76. The monoisotopic (exact) mass is 552 g/mol. The zero-order valence-electron chi connectivity index (χ0n) is 20.5. The van der Waals surface area contributed by atoms with E-state index in [1.165, 1.54) is 7.11 Å². The SMILES string of the molecule is COC(=O)C1CC2(C1)CN(C(=O)c1ccc(Cl)c(Cc3cc4c(C)cc(C(F)(F)F)cc4n3C)c1Cl)C2. The van der Waals surface area contributed by atoms with E-state index in [0.29, 0.717) is 58.5 Å². The number of carbonyl (C=O) groups excluding carboxylic acids is 2. The molecule has 3 aromatic rings. The van der Waals surface area contributed by atoms with Gasteiger partial charge in [-0.05, 0) is 61.2 Å². The van der Waals surface area contributed by atoms with Gasteiger partial charge in [0.25, 0.3) is 5.91 Å². The molecule has 0 radical (unpaired) electrons. The number of fused-ring (bicyclic) bond motifs is 1. The predicted octanol–water partition coefficient (Wildman–Crippen LogP) is 6.43. The van der Waals surface area contributed by atoms with Crippen molar-refractivity contribution in [2.24, 2.45) is 18.4 Å². The van der Waals surface area contributed by atoms with E-state index in [4.69, 9.17) is 27.9 Å². The number of carbonyl (C=O) groups is 2. The number of rotatable bonds is 4. The van der Waals surface area contributed by atoms with Crippen molar-refractivity contribution in [1.82, 2.24) is 9.47 Å². The number of halogens is 5. The number of likely N-dealkylation sites (tertiary alicyclic amines) is 1. The highest BCUT2D eigenvalue weighted by Crippen LogP contribution is 2.52. The number of hydrogen-bond acceptors (Lipinski definition) is 3. The summed E-state index contributed by atoms with van der Waals surface area (Å²) in [6, 6.07) is 7.33. The lowest BCUT2D eigenvalue weighted by Gasteiger charge is -2.58. The Bertz CT molecular complexity index is 1430. The van der Waals surface area contributed by atoms with Crippen molar-refractivity contribution in [1.29, 1.82) is 0 Å². The number of nitrogens with zero attached hydrogens (tertiary/aromatic N) is 2. The average molecular weight is 553 g/mol. The van der Waals surface area contributed by atoms with E-state index >= 15 is 0 Å². The van der Waals surface area contributed by atoms with Crippen LogP contribution in [-0.2, 0) is 29.2 Å². The Labute approximate surface area is 222 Å². The summed E-state index contributed by atoms with van der Waals surface area (Å²) in [5.74, 6) is -0.527. The van der Waals surface area contributed by atoms with Crippen LogP contribution in [0.1, 0.15) is 45.6 Å². The van der Waals surface area contributed by atoms with Gasteiger partial charge < -0.3 is 14.2 Å². The molecular weight excluding hydrogens is 528 g/mol. The van der Waals surface area contributed by atoms with Crippen LogP contribution in [0.15, 0.2) is 30.3 Å². The van der Waals surface area contributed by atoms with E-state index in [-0.39, 0.29) is 34.7 Å². The normalized spacial score (nSPS) is 17.1. The van der Waals surface area contributed by atoms with E-state index in [2.05, 4.69) is 0 Å². The van der Waals surface area contributed by atoms with Gasteiger partial charge in [0.1, 0.15) is 0 Å². The van der Waals surface area contributed by atoms with Gasteiger partial charge in [0.05, 0.1) is 29.2 Å². The Morgan fingerprint density at radius 2 is 1.81 bits per heavy atom. The summed E-state index contributed by atoms with van der Waals surface area (Å²) >= 11 is 13.2. The third-order valence-corrected chi connectivity index (χ3v) is 8.59. The van der Waals surface area contributed by atoms with E-state index in [1.807, 2.05) is 6.07 Å². The summed E-state index contributed by atoms with van der Waals surface area (Å²) in [4.78, 5) is 26.7. The maximum Gasteiger partial charge on any atom is 0.416 e. The Kier molecular flexibility index (Phi) is 6.27. The van der Waals surface area contributed by atoms with Crippen molar-refractivity contribution in [3.63, 3.8) is 0 Å². The highest BCUT2D eigenvalue weighted by atomic mass is 35.5. The predicted molar refractivity (Wildman–Crippen MR) is 135 cm³/mol. The molecule has 1 saturated carbocycles. The standard InChI is InChI=1S/C27H25Cl2F3N2O3/c1-14-6-16(27(30,31)32)7-22-19(14)8-17(33(22)2)9-20-21(28)5-4-18(23(20)29)24(35)34-12-26(13-34)10-15(11-26)25(36)37-3/h4-8,15H,9-13H2,1-3H3. The fourth-order valence-corrected chi connectivity index (χ4v) is 6.34. The number of ether oxygens (including phenoxy) is 1. The van der Waals surface area contributed by atoms with Crippen LogP contribution in [0.2, 0.25) is 10.0 Å². The van der Waals surface area contributed by atoms with Crippen LogP contribution in [0.25, 0.3) is 10.9 Å². The molecule has 0 N–H and O–H groups in total. The molecule has 10 heteroatoms. The number of aromatic nitrogens is 1. The van der Waals surface area contributed by atoms with Crippen molar-refractivity contribution in [3.05, 3.63) is 68.3 Å². The Hall–Kier alpha value is -2.71. The van der Waals surface area contributed by atoms with E-state index in [0.717, 1.165) is 17.8 Å². The van der Waals surface area contributed by atoms with Gasteiger partial charge in [-0.25, -0.2) is 0 Å². The largest absolute Gasteiger partial charge is 0.469 e. The van der Waals surface area contributed by atoms with Gasteiger partial charge in [-0.15, -0.1) is 0 Å². The Morgan fingerprint density at radius 1 is 1.14 bits per heavy atom. The van der Waals surface area contributed by atoms with Gasteiger partial charge in [0, 0.05) is 53.6 Å². The molecule has 2 aromatic carbocycles. The van der Waals surface area contributed by atoms with Crippen molar-refractivity contribution >= 4 is 46.0 Å². The molecule has 37 heavy (non-hydrogen) atoms. The minimum Gasteiger partial charge on any atom is -0.469 e. The molecule has 196 valence electrons. The first kappa shape index (κ1) is 25.9. The summed E-state index contributed by atoms with van der Waals surface area (Å²) in [6.07, 6.45) is -2.78. The van der Waals surface area contributed by atoms with Gasteiger partial charge in [-0.1, -0.05) is 23.2 Å². The molecule has 0 bridgehead atoms. The van der Waals surface area contributed by atoms with Crippen LogP contribution in [0.3, 0.4) is 0 Å². The van der Waals surface area contributed by atoms with Crippen molar-refractivity contribution < 1.29 is 27.5 Å². The number of benzene rings is 2. The summed E-state index contributed by atoms with van der Waals surface area (Å²) < 4.78 is 46.6. The van der Waals surface area contributed by atoms with Crippen LogP contribution in [0.4, 0.5) is 13.2 Å². The molecule has 2 aliphatic rings. The van der Waals surface area contributed by atoms with Crippen LogP contribution in [0.5, 0.6) is 0 Å². The summed E-state index contributed by atoms with van der Waals surface area (Å²) in [7, 11) is 3.08. The van der Waals surface area contributed by atoms with Gasteiger partial charge in [0.15, 0.2) is 0 Å². The van der Waals surface area contributed by atoms with Crippen LogP contribution in [0, 0.1) is 18.3 Å². The Balaban J connectivity index is 1.38.